The molecule has 0 fully saturated rings. The van der Waals surface area contributed by atoms with E-state index in [1.807, 2.05) is 13.0 Å². The Kier molecular flexibility index (Phi) is 5.51. The van der Waals surface area contributed by atoms with Crippen LogP contribution in [0.2, 0.25) is 0 Å². The number of rotatable bonds is 6. The normalized spacial score (nSPS) is 14.4. The van der Waals surface area contributed by atoms with Crippen LogP contribution in [0.25, 0.3) is 0 Å². The molecule has 0 bridgehead atoms. The van der Waals surface area contributed by atoms with Crippen molar-refractivity contribution in [3.63, 3.8) is 0 Å². The lowest BCUT2D eigenvalue weighted by Gasteiger charge is -2.19. The first-order valence-electron chi connectivity index (χ1n) is 8.88. The Labute approximate surface area is 165 Å². The number of nitrogens with zero attached hydrogens (tertiary/aromatic N) is 1. The second-order valence-corrected chi connectivity index (χ2v) is 8.64. The number of carbonyl (C=O) groups is 1. The van der Waals surface area contributed by atoms with Crippen LogP contribution in [0.15, 0.2) is 36.4 Å². The van der Waals surface area contributed by atoms with Gasteiger partial charge in [-0.3, -0.25) is 9.10 Å². The summed E-state index contributed by atoms with van der Waals surface area (Å²) in [4.78, 5) is 12.7. The van der Waals surface area contributed by atoms with E-state index < -0.39 is 10.0 Å². The number of sulfonamides is 1. The van der Waals surface area contributed by atoms with E-state index in [2.05, 4.69) is 5.32 Å². The number of fused-ring (bicyclic) bond motifs is 1. The van der Waals surface area contributed by atoms with E-state index in [1.165, 1.54) is 10.6 Å². The monoisotopic (exact) mass is 404 g/mol. The van der Waals surface area contributed by atoms with Crippen molar-refractivity contribution in [2.24, 2.45) is 0 Å². The summed E-state index contributed by atoms with van der Waals surface area (Å²) >= 11 is 0. The predicted molar refractivity (Wildman–Crippen MR) is 108 cm³/mol. The molecule has 1 N–H and O–H groups in total. The lowest BCUT2D eigenvalue weighted by Crippen LogP contribution is -2.28. The van der Waals surface area contributed by atoms with Gasteiger partial charge in [-0.15, -0.1) is 0 Å². The molecule has 0 aliphatic carbocycles. The fourth-order valence-electron chi connectivity index (χ4n) is 3.39. The number of carbonyl (C=O) groups excluding carboxylic acids is 1. The topological polar surface area (TPSA) is 84.9 Å². The minimum atomic E-state index is -3.31. The maximum Gasteiger partial charge on any atom is 0.251 e. The highest BCUT2D eigenvalue weighted by Gasteiger charge is 2.27. The van der Waals surface area contributed by atoms with Crippen molar-refractivity contribution in [2.75, 3.05) is 31.3 Å². The maximum atomic E-state index is 12.7. The van der Waals surface area contributed by atoms with Crippen LogP contribution >= 0.6 is 0 Å². The van der Waals surface area contributed by atoms with Crippen LogP contribution in [0.3, 0.4) is 0 Å². The molecule has 1 aliphatic heterocycles. The molecule has 3 rings (SSSR count). The quantitative estimate of drug-likeness (QED) is 0.800. The zero-order chi connectivity index (χ0) is 20.5. The summed E-state index contributed by atoms with van der Waals surface area (Å²) in [5.41, 5.74) is 2.79. The number of methoxy groups -OCH3 is 2. The van der Waals surface area contributed by atoms with Gasteiger partial charge in [-0.1, -0.05) is 0 Å². The van der Waals surface area contributed by atoms with E-state index in [-0.39, 0.29) is 11.9 Å². The predicted octanol–water partition coefficient (Wildman–Crippen LogP) is 2.52. The highest BCUT2D eigenvalue weighted by atomic mass is 32.2. The molecule has 1 aliphatic rings. The largest absolute Gasteiger partial charge is 0.497 e. The smallest absolute Gasteiger partial charge is 0.251 e. The van der Waals surface area contributed by atoms with Gasteiger partial charge in [-0.2, -0.15) is 0 Å². The number of nitrogens with one attached hydrogen (secondary N) is 1. The van der Waals surface area contributed by atoms with Gasteiger partial charge in [0.2, 0.25) is 10.0 Å². The molecule has 0 saturated heterocycles. The molecule has 2 aromatic carbocycles. The van der Waals surface area contributed by atoms with Gasteiger partial charge in [0.05, 0.1) is 32.2 Å². The minimum absolute atomic E-state index is 0.238. The van der Waals surface area contributed by atoms with Crippen LogP contribution in [-0.4, -0.2) is 41.3 Å². The molecule has 0 radical (unpaired) electrons. The van der Waals surface area contributed by atoms with Crippen molar-refractivity contribution in [2.45, 2.75) is 19.4 Å². The zero-order valence-corrected chi connectivity index (χ0v) is 17.2. The zero-order valence-electron chi connectivity index (χ0n) is 16.4. The Balaban J connectivity index is 1.81. The third kappa shape index (κ3) is 3.91. The molecule has 0 saturated carbocycles. The average molecular weight is 404 g/mol. The summed E-state index contributed by atoms with van der Waals surface area (Å²) in [5, 5.41) is 2.96. The summed E-state index contributed by atoms with van der Waals surface area (Å²) in [6, 6.07) is 10.2. The van der Waals surface area contributed by atoms with Gasteiger partial charge in [0.15, 0.2) is 0 Å². The molecule has 8 heteroatoms. The van der Waals surface area contributed by atoms with Crippen molar-refractivity contribution >= 4 is 21.6 Å². The lowest BCUT2D eigenvalue weighted by atomic mass is 10.0. The Morgan fingerprint density at radius 3 is 2.54 bits per heavy atom. The summed E-state index contributed by atoms with van der Waals surface area (Å²) in [5.74, 6) is 1.10. The third-order valence-electron chi connectivity index (χ3n) is 4.85. The average Bonchev–Trinajstić information content (AvgIpc) is 3.10. The molecule has 1 atom stereocenters. The van der Waals surface area contributed by atoms with Crippen LogP contribution in [0, 0.1) is 0 Å². The SMILES string of the molecule is COc1ccc(OC)c(C(C)NC(=O)c2ccc3c(c2)CCN3S(C)(=O)=O)c1. The number of hydrogen-bond donors (Lipinski definition) is 1. The number of anilines is 1. The number of ether oxygens (including phenoxy) is 2. The Hall–Kier alpha value is -2.74. The Morgan fingerprint density at radius 1 is 1.14 bits per heavy atom. The van der Waals surface area contributed by atoms with E-state index in [0.717, 1.165) is 11.1 Å². The first-order valence-corrected chi connectivity index (χ1v) is 10.7. The van der Waals surface area contributed by atoms with Gasteiger partial charge in [0.1, 0.15) is 11.5 Å². The van der Waals surface area contributed by atoms with Crippen molar-refractivity contribution in [1.82, 2.24) is 5.32 Å². The number of amides is 1. The Morgan fingerprint density at radius 2 is 1.89 bits per heavy atom. The van der Waals surface area contributed by atoms with Gasteiger partial charge < -0.3 is 14.8 Å². The number of benzene rings is 2. The minimum Gasteiger partial charge on any atom is -0.497 e. The van der Waals surface area contributed by atoms with Crippen molar-refractivity contribution < 1.29 is 22.7 Å². The molecular weight excluding hydrogens is 380 g/mol. The van der Waals surface area contributed by atoms with Crippen LogP contribution in [0.5, 0.6) is 11.5 Å². The molecule has 2 aromatic rings. The second-order valence-electron chi connectivity index (χ2n) is 6.73. The summed E-state index contributed by atoms with van der Waals surface area (Å²) < 4.78 is 35.7. The fourth-order valence-corrected chi connectivity index (χ4v) is 4.35. The maximum absolute atomic E-state index is 12.7. The van der Waals surface area contributed by atoms with E-state index in [0.29, 0.717) is 35.7 Å². The molecule has 1 heterocycles. The molecule has 1 amide bonds. The second kappa shape index (κ2) is 7.71. The standard InChI is InChI=1S/C20H24N2O5S/c1-13(17-12-16(26-2)6-8-19(17)27-3)21-20(23)15-5-7-18-14(11-15)9-10-22(18)28(4,24)25/h5-8,11-13H,9-10H2,1-4H3,(H,21,23). The Bertz CT molecular complexity index is 1000. The van der Waals surface area contributed by atoms with Gasteiger partial charge >= 0.3 is 0 Å². The van der Waals surface area contributed by atoms with Gasteiger partial charge in [0, 0.05) is 17.7 Å². The molecule has 1 unspecified atom stereocenters. The van der Waals surface area contributed by atoms with E-state index in [9.17, 15) is 13.2 Å². The molecule has 150 valence electrons. The van der Waals surface area contributed by atoms with E-state index in [4.69, 9.17) is 9.47 Å². The van der Waals surface area contributed by atoms with Crippen LogP contribution in [0.4, 0.5) is 5.69 Å². The van der Waals surface area contributed by atoms with Crippen LogP contribution in [0.1, 0.15) is 34.5 Å². The third-order valence-corrected chi connectivity index (χ3v) is 6.03. The lowest BCUT2D eigenvalue weighted by molar-refractivity contribution is 0.0939. The summed E-state index contributed by atoms with van der Waals surface area (Å²) in [7, 11) is -0.152. The molecule has 28 heavy (non-hydrogen) atoms. The van der Waals surface area contributed by atoms with Crippen molar-refractivity contribution in [1.29, 1.82) is 0 Å². The molecular formula is C20H24N2O5S. The highest BCUT2D eigenvalue weighted by molar-refractivity contribution is 7.92. The summed E-state index contributed by atoms with van der Waals surface area (Å²) in [6.45, 7) is 2.27. The van der Waals surface area contributed by atoms with Crippen LogP contribution in [-0.2, 0) is 16.4 Å². The molecule has 7 nitrogen and oxygen atoms in total. The van der Waals surface area contributed by atoms with E-state index in [1.54, 1.807) is 44.6 Å². The van der Waals surface area contributed by atoms with E-state index >= 15 is 0 Å². The van der Waals surface area contributed by atoms with Gasteiger partial charge in [0.25, 0.3) is 5.91 Å². The van der Waals surface area contributed by atoms with Crippen molar-refractivity contribution in [3.05, 3.63) is 53.1 Å². The van der Waals surface area contributed by atoms with Gasteiger partial charge in [-0.05, 0) is 55.3 Å². The van der Waals surface area contributed by atoms with Crippen molar-refractivity contribution in [3.8, 4) is 11.5 Å². The molecule has 0 aromatic heterocycles. The van der Waals surface area contributed by atoms with Crippen LogP contribution < -0.4 is 19.1 Å². The first-order chi connectivity index (χ1) is 13.2. The number of hydrogen-bond acceptors (Lipinski definition) is 5. The summed E-state index contributed by atoms with van der Waals surface area (Å²) in [6.07, 6.45) is 1.77. The molecule has 0 spiro atoms. The highest BCUT2D eigenvalue weighted by Crippen LogP contribution is 2.32. The fraction of sp³-hybridized carbons (Fsp3) is 0.350. The first kappa shape index (κ1) is 20.0. The van der Waals surface area contributed by atoms with Gasteiger partial charge in [-0.25, -0.2) is 8.42 Å².